The Bertz CT molecular complexity index is 377. The summed E-state index contributed by atoms with van der Waals surface area (Å²) >= 11 is 0. The molecule has 2 nitrogen and oxygen atoms in total. The van der Waals surface area contributed by atoms with Gasteiger partial charge in [-0.15, -0.1) is 0 Å². The molecule has 0 bridgehead atoms. The Morgan fingerprint density at radius 1 is 1.39 bits per heavy atom. The molecule has 3 atom stereocenters. The van der Waals surface area contributed by atoms with E-state index in [1.54, 1.807) is 12.1 Å². The van der Waals surface area contributed by atoms with Crippen LogP contribution in [0.5, 0.6) is 0 Å². The van der Waals surface area contributed by atoms with Gasteiger partial charge in [-0.2, -0.15) is 0 Å². The molecule has 0 aliphatic carbocycles. The summed E-state index contributed by atoms with van der Waals surface area (Å²) in [6.07, 6.45) is 1.08. The lowest BCUT2D eigenvalue weighted by Gasteiger charge is -2.36. The van der Waals surface area contributed by atoms with Crippen LogP contribution >= 0.6 is 0 Å². The highest BCUT2D eigenvalue weighted by molar-refractivity contribution is 5.20. The van der Waals surface area contributed by atoms with Gasteiger partial charge in [0.25, 0.3) is 0 Å². The van der Waals surface area contributed by atoms with Crippen molar-refractivity contribution in [2.45, 2.75) is 32.2 Å². The van der Waals surface area contributed by atoms with Crippen molar-refractivity contribution in [3.8, 4) is 0 Å². The summed E-state index contributed by atoms with van der Waals surface area (Å²) in [4.78, 5) is 2.47. The zero-order valence-corrected chi connectivity index (χ0v) is 11.3. The maximum Gasteiger partial charge on any atom is 0.123 e. The normalized spacial score (nSPS) is 27.1. The Balaban J connectivity index is 1.91. The maximum atomic E-state index is 12.9. The predicted octanol–water partition coefficient (Wildman–Crippen LogP) is 2.60. The number of halogens is 1. The summed E-state index contributed by atoms with van der Waals surface area (Å²) in [5.41, 5.74) is 7.24. The Morgan fingerprint density at radius 2 is 2.06 bits per heavy atom. The Hall–Kier alpha value is -0.930. The number of hydrogen-bond acceptors (Lipinski definition) is 2. The van der Waals surface area contributed by atoms with Crippen LogP contribution in [-0.2, 0) is 0 Å². The third-order valence-corrected chi connectivity index (χ3v) is 4.03. The van der Waals surface area contributed by atoms with Crippen LogP contribution in [0.3, 0.4) is 0 Å². The van der Waals surface area contributed by atoms with Crippen molar-refractivity contribution >= 4 is 0 Å². The molecule has 1 aliphatic heterocycles. The molecule has 0 spiro atoms. The fourth-order valence-corrected chi connectivity index (χ4v) is 2.70. The molecule has 0 amide bonds. The van der Waals surface area contributed by atoms with Crippen LogP contribution < -0.4 is 5.73 Å². The number of nitrogens with two attached hydrogens (primary N) is 1. The maximum absolute atomic E-state index is 12.9. The van der Waals surface area contributed by atoms with Crippen LogP contribution in [0.15, 0.2) is 24.3 Å². The first kappa shape index (κ1) is 13.5. The molecule has 2 rings (SSSR count). The van der Waals surface area contributed by atoms with Crippen LogP contribution in [0.4, 0.5) is 4.39 Å². The zero-order chi connectivity index (χ0) is 13.1. The summed E-state index contributed by atoms with van der Waals surface area (Å²) in [6.45, 7) is 7.61. The topological polar surface area (TPSA) is 29.3 Å². The van der Waals surface area contributed by atoms with Gasteiger partial charge in [-0.05, 0) is 42.5 Å². The Morgan fingerprint density at radius 3 is 2.67 bits per heavy atom. The lowest BCUT2D eigenvalue weighted by molar-refractivity contribution is 0.158. The van der Waals surface area contributed by atoms with Gasteiger partial charge in [0, 0.05) is 19.1 Å². The van der Waals surface area contributed by atoms with Crippen molar-refractivity contribution in [3.63, 3.8) is 0 Å². The van der Waals surface area contributed by atoms with E-state index >= 15 is 0 Å². The van der Waals surface area contributed by atoms with Gasteiger partial charge in [-0.3, -0.25) is 0 Å². The SMILES string of the molecule is CC(CN1CCC(N)C(C)C1)c1ccc(F)cc1. The number of piperidine rings is 1. The standard InChI is InChI=1S/C15H23FN2/c1-11(13-3-5-14(16)6-4-13)9-18-8-7-15(17)12(2)10-18/h3-6,11-12,15H,7-10,17H2,1-2H3. The molecule has 1 aromatic carbocycles. The van der Waals surface area contributed by atoms with Crippen LogP contribution in [0.2, 0.25) is 0 Å². The molecule has 0 saturated carbocycles. The molecule has 2 N–H and O–H groups in total. The molecule has 0 radical (unpaired) electrons. The van der Waals surface area contributed by atoms with E-state index in [2.05, 4.69) is 18.7 Å². The van der Waals surface area contributed by atoms with Crippen LogP contribution in [0.1, 0.15) is 31.7 Å². The first-order valence-electron chi connectivity index (χ1n) is 6.79. The first-order chi connectivity index (χ1) is 8.56. The lowest BCUT2D eigenvalue weighted by atomic mass is 9.93. The molecule has 3 heteroatoms. The summed E-state index contributed by atoms with van der Waals surface area (Å²) in [6, 6.07) is 7.21. The van der Waals surface area contributed by atoms with E-state index in [0.29, 0.717) is 17.9 Å². The molecule has 1 aliphatic rings. The van der Waals surface area contributed by atoms with Gasteiger partial charge in [0.15, 0.2) is 0 Å². The van der Waals surface area contributed by atoms with E-state index in [9.17, 15) is 4.39 Å². The van der Waals surface area contributed by atoms with Gasteiger partial charge in [-0.25, -0.2) is 4.39 Å². The molecule has 1 saturated heterocycles. The third-order valence-electron chi connectivity index (χ3n) is 4.03. The second kappa shape index (κ2) is 5.81. The molecular weight excluding hydrogens is 227 g/mol. The van der Waals surface area contributed by atoms with Crippen molar-refractivity contribution in [2.24, 2.45) is 11.7 Å². The molecule has 0 aromatic heterocycles. The van der Waals surface area contributed by atoms with Gasteiger partial charge in [0.1, 0.15) is 5.82 Å². The number of likely N-dealkylation sites (tertiary alicyclic amines) is 1. The van der Waals surface area contributed by atoms with E-state index < -0.39 is 0 Å². The van der Waals surface area contributed by atoms with E-state index in [1.165, 1.54) is 5.56 Å². The smallest absolute Gasteiger partial charge is 0.123 e. The van der Waals surface area contributed by atoms with Gasteiger partial charge in [0.2, 0.25) is 0 Å². The highest BCUT2D eigenvalue weighted by atomic mass is 19.1. The Kier molecular flexibility index (Phi) is 4.36. The van der Waals surface area contributed by atoms with E-state index in [1.807, 2.05) is 12.1 Å². The highest BCUT2D eigenvalue weighted by Gasteiger charge is 2.24. The number of hydrogen-bond donors (Lipinski definition) is 1. The predicted molar refractivity (Wildman–Crippen MR) is 73.0 cm³/mol. The van der Waals surface area contributed by atoms with Crippen molar-refractivity contribution in [3.05, 3.63) is 35.6 Å². The van der Waals surface area contributed by atoms with Crippen molar-refractivity contribution in [1.29, 1.82) is 0 Å². The third kappa shape index (κ3) is 3.30. The summed E-state index contributed by atoms with van der Waals surface area (Å²) in [5, 5.41) is 0. The molecule has 100 valence electrons. The summed E-state index contributed by atoms with van der Waals surface area (Å²) in [5.74, 6) is 0.842. The number of rotatable bonds is 3. The minimum absolute atomic E-state index is 0.163. The van der Waals surface area contributed by atoms with E-state index in [-0.39, 0.29) is 5.82 Å². The van der Waals surface area contributed by atoms with E-state index in [4.69, 9.17) is 5.73 Å². The van der Waals surface area contributed by atoms with Crippen LogP contribution in [0, 0.1) is 11.7 Å². The summed E-state index contributed by atoms with van der Waals surface area (Å²) in [7, 11) is 0. The molecular formula is C15H23FN2. The minimum Gasteiger partial charge on any atom is -0.327 e. The Labute approximate surface area is 109 Å². The van der Waals surface area contributed by atoms with Gasteiger partial charge < -0.3 is 10.6 Å². The van der Waals surface area contributed by atoms with Crippen molar-refractivity contribution in [2.75, 3.05) is 19.6 Å². The quantitative estimate of drug-likeness (QED) is 0.893. The molecule has 3 unspecified atom stereocenters. The van der Waals surface area contributed by atoms with Gasteiger partial charge in [0.05, 0.1) is 0 Å². The van der Waals surface area contributed by atoms with Crippen LogP contribution in [0.25, 0.3) is 0 Å². The number of benzene rings is 1. The molecule has 1 heterocycles. The van der Waals surface area contributed by atoms with Gasteiger partial charge in [-0.1, -0.05) is 26.0 Å². The van der Waals surface area contributed by atoms with Crippen molar-refractivity contribution < 1.29 is 4.39 Å². The highest BCUT2D eigenvalue weighted by Crippen LogP contribution is 2.21. The zero-order valence-electron chi connectivity index (χ0n) is 11.3. The first-order valence-corrected chi connectivity index (χ1v) is 6.79. The van der Waals surface area contributed by atoms with E-state index in [0.717, 1.165) is 26.1 Å². The van der Waals surface area contributed by atoms with Crippen LogP contribution in [-0.4, -0.2) is 30.6 Å². The van der Waals surface area contributed by atoms with Gasteiger partial charge >= 0.3 is 0 Å². The average Bonchev–Trinajstić information content (AvgIpc) is 2.34. The summed E-state index contributed by atoms with van der Waals surface area (Å²) < 4.78 is 12.9. The molecule has 1 fully saturated rings. The fraction of sp³-hybridized carbons (Fsp3) is 0.600. The average molecular weight is 250 g/mol. The largest absolute Gasteiger partial charge is 0.327 e. The molecule has 1 aromatic rings. The van der Waals surface area contributed by atoms with Crippen molar-refractivity contribution in [1.82, 2.24) is 4.90 Å². The lowest BCUT2D eigenvalue weighted by Crippen LogP contribution is -2.46. The monoisotopic (exact) mass is 250 g/mol. The minimum atomic E-state index is -0.163. The second-order valence-corrected chi connectivity index (χ2v) is 5.64. The molecule has 18 heavy (non-hydrogen) atoms. The second-order valence-electron chi connectivity index (χ2n) is 5.64. The number of nitrogens with zero attached hydrogens (tertiary/aromatic N) is 1. The fourth-order valence-electron chi connectivity index (χ4n) is 2.70.